The summed E-state index contributed by atoms with van der Waals surface area (Å²) < 4.78 is 36.2. The fourth-order valence-corrected chi connectivity index (χ4v) is 0.875. The van der Waals surface area contributed by atoms with Gasteiger partial charge in [0.1, 0.15) is 0 Å². The first-order chi connectivity index (χ1) is 8.45. The van der Waals surface area contributed by atoms with Crippen LogP contribution in [0.25, 0.3) is 0 Å². The maximum Gasteiger partial charge on any atom is 0.416 e. The molecule has 0 saturated carbocycles. The Morgan fingerprint density at radius 1 is 1.06 bits per heavy atom. The highest BCUT2D eigenvalue weighted by Crippen LogP contribution is 2.29. The molecule has 0 aliphatic carbocycles. The molecule has 0 bridgehead atoms. The number of hydrogen-bond acceptors (Lipinski definition) is 1. The van der Waals surface area contributed by atoms with E-state index in [1.54, 1.807) is 6.07 Å². The SMILES string of the molecule is CC.CCCC.NCc1cccc(C(F)(F)F)c1. The van der Waals surface area contributed by atoms with Crippen molar-refractivity contribution in [3.8, 4) is 0 Å². The smallest absolute Gasteiger partial charge is 0.326 e. The van der Waals surface area contributed by atoms with Crippen LogP contribution in [0.5, 0.6) is 0 Å². The Hall–Kier alpha value is -1.03. The number of alkyl halides is 3. The van der Waals surface area contributed by atoms with Crippen molar-refractivity contribution in [1.29, 1.82) is 0 Å². The van der Waals surface area contributed by atoms with Crippen molar-refractivity contribution in [3.63, 3.8) is 0 Å². The summed E-state index contributed by atoms with van der Waals surface area (Å²) >= 11 is 0. The van der Waals surface area contributed by atoms with Gasteiger partial charge in [0.05, 0.1) is 5.56 Å². The second kappa shape index (κ2) is 11.1. The summed E-state index contributed by atoms with van der Waals surface area (Å²) in [6, 6.07) is 5.00. The van der Waals surface area contributed by atoms with Crippen molar-refractivity contribution in [1.82, 2.24) is 0 Å². The molecule has 1 aromatic rings. The van der Waals surface area contributed by atoms with Crippen LogP contribution in [0.2, 0.25) is 0 Å². The molecule has 2 N–H and O–H groups in total. The normalized spacial score (nSPS) is 9.78. The van der Waals surface area contributed by atoms with Crippen molar-refractivity contribution >= 4 is 0 Å². The first kappa shape index (κ1) is 19.3. The van der Waals surface area contributed by atoms with E-state index in [0.29, 0.717) is 5.56 Å². The van der Waals surface area contributed by atoms with Crippen molar-refractivity contribution in [2.45, 2.75) is 53.3 Å². The van der Waals surface area contributed by atoms with Gasteiger partial charge in [-0.15, -0.1) is 0 Å². The molecule has 0 aliphatic rings. The van der Waals surface area contributed by atoms with E-state index in [0.717, 1.165) is 12.1 Å². The largest absolute Gasteiger partial charge is 0.416 e. The molecule has 0 radical (unpaired) electrons. The minimum Gasteiger partial charge on any atom is -0.326 e. The highest BCUT2D eigenvalue weighted by molar-refractivity contribution is 5.25. The van der Waals surface area contributed by atoms with E-state index < -0.39 is 11.7 Å². The van der Waals surface area contributed by atoms with E-state index in [9.17, 15) is 13.2 Å². The third-order valence-corrected chi connectivity index (χ3v) is 1.99. The van der Waals surface area contributed by atoms with Gasteiger partial charge in [0, 0.05) is 6.54 Å². The molecule has 4 heteroatoms. The third kappa shape index (κ3) is 9.05. The molecule has 1 nitrogen and oxygen atoms in total. The lowest BCUT2D eigenvalue weighted by molar-refractivity contribution is -0.137. The van der Waals surface area contributed by atoms with E-state index in [-0.39, 0.29) is 6.54 Å². The zero-order chi connectivity index (χ0) is 14.6. The standard InChI is InChI=1S/C8H8F3N.C4H10.C2H6/c9-8(10,11)7-3-1-2-6(4-7)5-12;1-3-4-2;1-2/h1-4H,5,12H2;3-4H2,1-2H3;1-2H3. The number of halogens is 3. The Balaban J connectivity index is 0. The van der Waals surface area contributed by atoms with Crippen LogP contribution in [-0.4, -0.2) is 0 Å². The van der Waals surface area contributed by atoms with Crippen LogP contribution in [0.15, 0.2) is 24.3 Å². The molecule has 0 spiro atoms. The predicted octanol–water partition coefficient (Wildman–Crippen LogP) is 5.00. The van der Waals surface area contributed by atoms with Crippen LogP contribution in [-0.2, 0) is 12.7 Å². The number of nitrogens with two attached hydrogens (primary N) is 1. The van der Waals surface area contributed by atoms with E-state index in [4.69, 9.17) is 5.73 Å². The first-order valence-electron chi connectivity index (χ1n) is 6.31. The van der Waals surface area contributed by atoms with Gasteiger partial charge in [-0.05, 0) is 11.6 Å². The minimum absolute atomic E-state index is 0.129. The number of unbranched alkanes of at least 4 members (excludes halogenated alkanes) is 1. The van der Waals surface area contributed by atoms with Gasteiger partial charge in [0.15, 0.2) is 0 Å². The Bertz CT molecular complexity index is 293. The van der Waals surface area contributed by atoms with E-state index in [1.807, 2.05) is 13.8 Å². The van der Waals surface area contributed by atoms with Crippen LogP contribution < -0.4 is 5.73 Å². The molecule has 0 aromatic heterocycles. The van der Waals surface area contributed by atoms with Crippen LogP contribution in [0.3, 0.4) is 0 Å². The van der Waals surface area contributed by atoms with Gasteiger partial charge in [0.2, 0.25) is 0 Å². The molecule has 0 fully saturated rings. The lowest BCUT2D eigenvalue weighted by atomic mass is 10.1. The van der Waals surface area contributed by atoms with Gasteiger partial charge in [-0.1, -0.05) is 58.7 Å². The van der Waals surface area contributed by atoms with Gasteiger partial charge in [-0.2, -0.15) is 13.2 Å². The fourth-order valence-electron chi connectivity index (χ4n) is 0.875. The van der Waals surface area contributed by atoms with Gasteiger partial charge >= 0.3 is 6.18 Å². The van der Waals surface area contributed by atoms with Gasteiger partial charge in [-0.3, -0.25) is 0 Å². The third-order valence-electron chi connectivity index (χ3n) is 1.99. The second-order valence-electron chi connectivity index (χ2n) is 3.40. The summed E-state index contributed by atoms with van der Waals surface area (Å²) in [5.74, 6) is 0. The molecule has 106 valence electrons. The Kier molecular flexibility index (Phi) is 11.9. The number of rotatable bonds is 2. The predicted molar refractivity (Wildman–Crippen MR) is 71.3 cm³/mol. The lowest BCUT2D eigenvalue weighted by Crippen LogP contribution is -2.06. The number of hydrogen-bond donors (Lipinski definition) is 1. The van der Waals surface area contributed by atoms with Crippen molar-refractivity contribution in [3.05, 3.63) is 35.4 Å². The van der Waals surface area contributed by atoms with Crippen LogP contribution in [0.4, 0.5) is 13.2 Å². The molecule has 1 rings (SSSR count). The van der Waals surface area contributed by atoms with Crippen molar-refractivity contribution in [2.24, 2.45) is 5.73 Å². The maximum atomic E-state index is 12.1. The van der Waals surface area contributed by atoms with Gasteiger partial charge < -0.3 is 5.73 Å². The second-order valence-corrected chi connectivity index (χ2v) is 3.40. The Labute approximate surface area is 108 Å². The van der Waals surface area contributed by atoms with E-state index in [2.05, 4.69) is 13.8 Å². The molecule has 0 atom stereocenters. The average molecular weight is 263 g/mol. The molecule has 18 heavy (non-hydrogen) atoms. The number of benzene rings is 1. The lowest BCUT2D eigenvalue weighted by Gasteiger charge is -2.06. The Morgan fingerprint density at radius 3 is 1.89 bits per heavy atom. The minimum atomic E-state index is -4.27. The monoisotopic (exact) mass is 263 g/mol. The zero-order valence-electron chi connectivity index (χ0n) is 11.6. The molecule has 0 unspecified atom stereocenters. The Morgan fingerprint density at radius 2 is 1.56 bits per heavy atom. The quantitative estimate of drug-likeness (QED) is 0.798. The fraction of sp³-hybridized carbons (Fsp3) is 0.571. The summed E-state index contributed by atoms with van der Waals surface area (Å²) in [4.78, 5) is 0. The molecule has 0 aliphatic heterocycles. The molecule has 1 aromatic carbocycles. The molecule has 0 amide bonds. The van der Waals surface area contributed by atoms with Crippen molar-refractivity contribution in [2.75, 3.05) is 0 Å². The summed E-state index contributed by atoms with van der Waals surface area (Å²) in [5, 5.41) is 0. The summed E-state index contributed by atoms with van der Waals surface area (Å²) in [6.45, 7) is 8.49. The summed E-state index contributed by atoms with van der Waals surface area (Å²) in [6.07, 6.45) is -1.63. The van der Waals surface area contributed by atoms with Gasteiger partial charge in [0.25, 0.3) is 0 Å². The molecule has 0 saturated heterocycles. The molecule has 0 heterocycles. The van der Waals surface area contributed by atoms with Crippen LogP contribution >= 0.6 is 0 Å². The summed E-state index contributed by atoms with van der Waals surface area (Å²) in [5.41, 5.74) is 5.04. The molecular formula is C14H24F3N. The van der Waals surface area contributed by atoms with E-state index in [1.165, 1.54) is 18.9 Å². The highest BCUT2D eigenvalue weighted by Gasteiger charge is 2.30. The average Bonchev–Trinajstić information content (AvgIpc) is 2.40. The highest BCUT2D eigenvalue weighted by atomic mass is 19.4. The zero-order valence-corrected chi connectivity index (χ0v) is 11.6. The first-order valence-corrected chi connectivity index (χ1v) is 6.31. The van der Waals surface area contributed by atoms with E-state index >= 15 is 0 Å². The maximum absolute atomic E-state index is 12.1. The topological polar surface area (TPSA) is 26.0 Å². The molecular weight excluding hydrogens is 239 g/mol. The summed E-state index contributed by atoms with van der Waals surface area (Å²) in [7, 11) is 0. The van der Waals surface area contributed by atoms with Crippen LogP contribution in [0.1, 0.15) is 51.7 Å². The van der Waals surface area contributed by atoms with Crippen molar-refractivity contribution < 1.29 is 13.2 Å². The van der Waals surface area contributed by atoms with Gasteiger partial charge in [-0.25, -0.2) is 0 Å². The van der Waals surface area contributed by atoms with Crippen LogP contribution in [0, 0.1) is 0 Å².